The van der Waals surface area contributed by atoms with Crippen LogP contribution in [0.4, 0.5) is 0 Å². The van der Waals surface area contributed by atoms with Crippen LogP contribution in [0.1, 0.15) is 83.3 Å². The zero-order valence-corrected chi connectivity index (χ0v) is 20.4. The third-order valence-corrected chi connectivity index (χ3v) is 9.81. The van der Waals surface area contributed by atoms with Gasteiger partial charge in [-0.3, -0.25) is 9.78 Å². The Morgan fingerprint density at radius 2 is 2.00 bits per heavy atom. The Bertz CT molecular complexity index is 962. The van der Waals surface area contributed by atoms with Crippen LogP contribution in [0.3, 0.4) is 0 Å². The molecular formula is C29H40N2O. The molecule has 172 valence electrons. The standard InChI is InChI=1S/C29H40N2O/c1-5-6-7-20-15-22-24-9-8-23(21-14-19(2)17-30-18-21)28(24,3)11-10-25(22)29(4)12-13-31-27(32)16-26(20)29/h8,14,16-18,20,22,24-25H,5-7,9-13,15H2,1-4H3,(H,31,32). The van der Waals surface area contributed by atoms with Gasteiger partial charge in [-0.2, -0.15) is 0 Å². The molecule has 0 saturated heterocycles. The van der Waals surface area contributed by atoms with E-state index < -0.39 is 0 Å². The van der Waals surface area contributed by atoms with Crippen molar-refractivity contribution in [2.75, 3.05) is 6.54 Å². The summed E-state index contributed by atoms with van der Waals surface area (Å²) in [6, 6.07) is 2.33. The number of carbonyl (C=O) groups excluding carboxylic acids is 1. The third kappa shape index (κ3) is 3.38. The van der Waals surface area contributed by atoms with E-state index in [2.05, 4.69) is 56.3 Å². The number of nitrogens with zero attached hydrogens (tertiary/aromatic N) is 1. The van der Waals surface area contributed by atoms with Gasteiger partial charge in [0.25, 0.3) is 0 Å². The summed E-state index contributed by atoms with van der Waals surface area (Å²) in [6.45, 7) is 10.3. The summed E-state index contributed by atoms with van der Waals surface area (Å²) >= 11 is 0. The lowest BCUT2D eigenvalue weighted by molar-refractivity contribution is -0.116. The fourth-order valence-corrected chi connectivity index (χ4v) is 8.23. The highest BCUT2D eigenvalue weighted by Gasteiger charge is 2.58. The van der Waals surface area contributed by atoms with Crippen molar-refractivity contribution < 1.29 is 4.79 Å². The smallest absolute Gasteiger partial charge is 0.243 e. The lowest BCUT2D eigenvalue weighted by Crippen LogP contribution is -2.51. The van der Waals surface area contributed by atoms with Gasteiger partial charge in [-0.25, -0.2) is 0 Å². The van der Waals surface area contributed by atoms with Gasteiger partial charge >= 0.3 is 0 Å². The van der Waals surface area contributed by atoms with Gasteiger partial charge in [-0.05, 0) is 103 Å². The number of allylic oxidation sites excluding steroid dienone is 3. The maximum Gasteiger partial charge on any atom is 0.243 e. The molecule has 1 aromatic rings. The van der Waals surface area contributed by atoms with Crippen LogP contribution in [0.25, 0.3) is 5.57 Å². The molecule has 32 heavy (non-hydrogen) atoms. The molecular weight excluding hydrogens is 392 g/mol. The van der Waals surface area contributed by atoms with Crippen molar-refractivity contribution in [3.8, 4) is 0 Å². The highest BCUT2D eigenvalue weighted by molar-refractivity contribution is 5.89. The third-order valence-electron chi connectivity index (χ3n) is 9.81. The minimum Gasteiger partial charge on any atom is -0.353 e. The Morgan fingerprint density at radius 1 is 1.16 bits per heavy atom. The number of carbonyl (C=O) groups is 1. The molecule has 4 aliphatic rings. The van der Waals surface area contributed by atoms with Crippen molar-refractivity contribution in [3.05, 3.63) is 47.3 Å². The summed E-state index contributed by atoms with van der Waals surface area (Å²) in [6.07, 6.45) is 18.4. The second-order valence-corrected chi connectivity index (χ2v) is 11.6. The summed E-state index contributed by atoms with van der Waals surface area (Å²) in [5.74, 6) is 2.86. The largest absolute Gasteiger partial charge is 0.353 e. The maximum absolute atomic E-state index is 12.5. The van der Waals surface area contributed by atoms with Gasteiger partial charge in [-0.15, -0.1) is 0 Å². The van der Waals surface area contributed by atoms with Gasteiger partial charge in [0, 0.05) is 25.0 Å². The van der Waals surface area contributed by atoms with Crippen molar-refractivity contribution in [1.29, 1.82) is 0 Å². The fraction of sp³-hybridized carbons (Fsp3) is 0.655. The van der Waals surface area contributed by atoms with E-state index in [-0.39, 0.29) is 16.7 Å². The first-order valence-corrected chi connectivity index (χ1v) is 13.0. The molecule has 1 amide bonds. The number of unbranched alkanes of at least 4 members (excludes halogenated alkanes) is 1. The summed E-state index contributed by atoms with van der Waals surface area (Å²) in [5, 5.41) is 3.15. The van der Waals surface area contributed by atoms with Crippen LogP contribution in [-0.4, -0.2) is 17.4 Å². The Labute approximate surface area is 194 Å². The van der Waals surface area contributed by atoms with Gasteiger partial charge in [0.1, 0.15) is 0 Å². The molecule has 0 bridgehead atoms. The molecule has 3 nitrogen and oxygen atoms in total. The Kier molecular flexibility index (Phi) is 5.58. The van der Waals surface area contributed by atoms with Gasteiger partial charge < -0.3 is 5.32 Å². The number of hydrogen-bond donors (Lipinski definition) is 1. The van der Waals surface area contributed by atoms with Crippen LogP contribution in [-0.2, 0) is 4.79 Å². The number of amides is 1. The molecule has 3 aliphatic carbocycles. The molecule has 0 aromatic carbocycles. The summed E-state index contributed by atoms with van der Waals surface area (Å²) in [4.78, 5) is 17.0. The normalized spacial score (nSPS) is 38.6. The van der Waals surface area contributed by atoms with Gasteiger partial charge in [0.2, 0.25) is 5.91 Å². The first kappa shape index (κ1) is 21.9. The quantitative estimate of drug-likeness (QED) is 0.591. The highest BCUT2D eigenvalue weighted by Crippen LogP contribution is 2.67. The number of pyridine rings is 1. The molecule has 5 rings (SSSR count). The van der Waals surface area contributed by atoms with Crippen molar-refractivity contribution in [1.82, 2.24) is 10.3 Å². The predicted octanol–water partition coefficient (Wildman–Crippen LogP) is 6.49. The molecule has 2 fully saturated rings. The topological polar surface area (TPSA) is 42.0 Å². The maximum atomic E-state index is 12.5. The first-order chi connectivity index (χ1) is 15.4. The Morgan fingerprint density at radius 3 is 2.78 bits per heavy atom. The SMILES string of the molecule is CCCCC1CC2C3CC=C(c4cncc(C)c4)C3(C)CCC2C2(C)CCNC(=O)C=C12. The molecule has 0 radical (unpaired) electrons. The average molecular weight is 433 g/mol. The number of aromatic nitrogens is 1. The van der Waals surface area contributed by atoms with Crippen LogP contribution < -0.4 is 5.32 Å². The van der Waals surface area contributed by atoms with E-state index >= 15 is 0 Å². The molecule has 0 spiro atoms. The van der Waals surface area contributed by atoms with E-state index in [1.807, 2.05) is 12.3 Å². The summed E-state index contributed by atoms with van der Waals surface area (Å²) in [5.41, 5.74) is 6.03. The summed E-state index contributed by atoms with van der Waals surface area (Å²) in [7, 11) is 0. The zero-order valence-electron chi connectivity index (χ0n) is 20.4. The molecule has 2 saturated carbocycles. The van der Waals surface area contributed by atoms with Gasteiger partial charge in [-0.1, -0.05) is 45.3 Å². The van der Waals surface area contributed by atoms with E-state index in [1.165, 1.54) is 61.6 Å². The molecule has 1 aliphatic heterocycles. The van der Waals surface area contributed by atoms with Crippen LogP contribution in [0.15, 0.2) is 36.2 Å². The van der Waals surface area contributed by atoms with Crippen LogP contribution in [0, 0.1) is 41.4 Å². The minimum atomic E-state index is 0.140. The lowest BCUT2D eigenvalue weighted by Gasteiger charge is -2.59. The molecule has 6 atom stereocenters. The second-order valence-electron chi connectivity index (χ2n) is 11.6. The number of aryl methyl sites for hydroxylation is 1. The second kappa shape index (κ2) is 8.15. The molecule has 1 N–H and O–H groups in total. The lowest BCUT2D eigenvalue weighted by atomic mass is 9.45. The van der Waals surface area contributed by atoms with Crippen molar-refractivity contribution >= 4 is 11.5 Å². The van der Waals surface area contributed by atoms with E-state index in [0.717, 1.165) is 18.9 Å². The van der Waals surface area contributed by atoms with E-state index in [4.69, 9.17) is 0 Å². The molecule has 3 heteroatoms. The van der Waals surface area contributed by atoms with Crippen molar-refractivity contribution in [2.45, 2.75) is 79.1 Å². The summed E-state index contributed by atoms with van der Waals surface area (Å²) < 4.78 is 0. The fourth-order valence-electron chi connectivity index (χ4n) is 8.23. The van der Waals surface area contributed by atoms with Crippen molar-refractivity contribution in [3.63, 3.8) is 0 Å². The molecule has 1 aromatic heterocycles. The molecule has 2 heterocycles. The number of hydrogen-bond acceptors (Lipinski definition) is 2. The number of nitrogens with one attached hydrogen (secondary N) is 1. The minimum absolute atomic E-state index is 0.140. The monoisotopic (exact) mass is 432 g/mol. The first-order valence-electron chi connectivity index (χ1n) is 13.0. The molecule has 6 unspecified atom stereocenters. The van der Waals surface area contributed by atoms with Crippen LogP contribution in [0.5, 0.6) is 0 Å². The number of fused-ring (bicyclic) bond motifs is 5. The van der Waals surface area contributed by atoms with Crippen LogP contribution in [0.2, 0.25) is 0 Å². The average Bonchev–Trinajstić information content (AvgIpc) is 3.03. The van der Waals surface area contributed by atoms with Crippen LogP contribution >= 0.6 is 0 Å². The predicted molar refractivity (Wildman–Crippen MR) is 131 cm³/mol. The van der Waals surface area contributed by atoms with E-state index in [0.29, 0.717) is 17.8 Å². The Hall–Kier alpha value is -1.90. The van der Waals surface area contributed by atoms with Gasteiger partial charge in [0.15, 0.2) is 0 Å². The van der Waals surface area contributed by atoms with E-state index in [9.17, 15) is 4.79 Å². The number of rotatable bonds is 4. The Balaban J connectivity index is 1.51. The van der Waals surface area contributed by atoms with E-state index in [1.54, 1.807) is 5.57 Å². The highest BCUT2D eigenvalue weighted by atomic mass is 16.1. The van der Waals surface area contributed by atoms with Gasteiger partial charge in [0.05, 0.1) is 0 Å². The zero-order chi connectivity index (χ0) is 22.5. The van der Waals surface area contributed by atoms with Crippen molar-refractivity contribution in [2.24, 2.45) is 34.5 Å².